The van der Waals surface area contributed by atoms with E-state index in [-0.39, 0.29) is 28.8 Å². The van der Waals surface area contributed by atoms with Crippen LogP contribution in [0.5, 0.6) is 0 Å². The zero-order valence-corrected chi connectivity index (χ0v) is 15.5. The molecule has 2 aromatic heterocycles. The Morgan fingerprint density at radius 2 is 2.00 bits per heavy atom. The summed E-state index contributed by atoms with van der Waals surface area (Å²) < 4.78 is 27.2. The summed E-state index contributed by atoms with van der Waals surface area (Å²) in [4.78, 5) is 22.7. The summed E-state index contributed by atoms with van der Waals surface area (Å²) >= 11 is 0. The Morgan fingerprint density at radius 1 is 1.17 bits per heavy atom. The molecular formula is C21H19F2N5O. The Balaban J connectivity index is 1.41. The van der Waals surface area contributed by atoms with Crippen molar-refractivity contribution in [2.75, 3.05) is 24.1 Å². The first-order chi connectivity index (χ1) is 14.0. The van der Waals surface area contributed by atoms with Crippen LogP contribution in [0.15, 0.2) is 54.7 Å². The van der Waals surface area contributed by atoms with Gasteiger partial charge in [0.15, 0.2) is 5.82 Å². The molecule has 3 N–H and O–H groups in total. The quantitative estimate of drug-likeness (QED) is 0.705. The molecule has 6 nitrogen and oxygen atoms in total. The van der Waals surface area contributed by atoms with Gasteiger partial charge in [-0.2, -0.15) is 0 Å². The van der Waals surface area contributed by atoms with Crippen molar-refractivity contribution in [1.82, 2.24) is 14.9 Å². The standard InChI is InChI=1S/C21H19F2N5O/c22-14-4-5-16(17(23)10-14)19-7-6-18(24)20(26-19)27-21(29)28-11-13(12-28)9-15-3-1-2-8-25-15/h1-8,10,13H,9,11-12,24H2,(H,26,27,29). The molecule has 0 unspecified atom stereocenters. The molecule has 2 amide bonds. The van der Waals surface area contributed by atoms with Gasteiger partial charge in [-0.3, -0.25) is 10.3 Å². The van der Waals surface area contributed by atoms with E-state index in [1.165, 1.54) is 18.2 Å². The molecule has 1 fully saturated rings. The average molecular weight is 395 g/mol. The number of rotatable bonds is 4. The lowest BCUT2D eigenvalue weighted by Crippen LogP contribution is -2.52. The van der Waals surface area contributed by atoms with Gasteiger partial charge < -0.3 is 10.6 Å². The summed E-state index contributed by atoms with van der Waals surface area (Å²) in [6.07, 6.45) is 2.56. The van der Waals surface area contributed by atoms with Crippen LogP contribution in [0.2, 0.25) is 0 Å². The monoisotopic (exact) mass is 395 g/mol. The fraction of sp³-hybridized carbons (Fsp3) is 0.190. The van der Waals surface area contributed by atoms with Crippen LogP contribution in [-0.2, 0) is 6.42 Å². The minimum atomic E-state index is -0.736. The third-order valence-corrected chi connectivity index (χ3v) is 4.83. The molecular weight excluding hydrogens is 376 g/mol. The lowest BCUT2D eigenvalue weighted by molar-refractivity contribution is 0.130. The summed E-state index contributed by atoms with van der Waals surface area (Å²) in [7, 11) is 0. The van der Waals surface area contributed by atoms with Gasteiger partial charge in [0.2, 0.25) is 0 Å². The number of nitrogens with zero attached hydrogens (tertiary/aromatic N) is 3. The van der Waals surface area contributed by atoms with Crippen molar-refractivity contribution in [2.45, 2.75) is 6.42 Å². The zero-order valence-electron chi connectivity index (χ0n) is 15.5. The molecule has 29 heavy (non-hydrogen) atoms. The summed E-state index contributed by atoms with van der Waals surface area (Å²) in [6, 6.07) is 11.7. The summed E-state index contributed by atoms with van der Waals surface area (Å²) in [5.41, 5.74) is 7.55. The molecule has 1 aliphatic rings. The second-order valence-electron chi connectivity index (χ2n) is 6.98. The van der Waals surface area contributed by atoms with Gasteiger partial charge in [-0.05, 0) is 48.7 Å². The molecule has 0 atom stereocenters. The third kappa shape index (κ3) is 4.16. The topological polar surface area (TPSA) is 84.1 Å². The molecule has 0 radical (unpaired) electrons. The SMILES string of the molecule is Nc1ccc(-c2ccc(F)cc2F)nc1NC(=O)N1CC(Cc2ccccn2)C1. The molecule has 4 rings (SSSR count). The number of carbonyl (C=O) groups is 1. The number of pyridine rings is 2. The van der Waals surface area contributed by atoms with E-state index in [4.69, 9.17) is 5.73 Å². The predicted molar refractivity (Wildman–Crippen MR) is 106 cm³/mol. The van der Waals surface area contributed by atoms with Crippen molar-refractivity contribution in [3.63, 3.8) is 0 Å². The largest absolute Gasteiger partial charge is 0.396 e. The average Bonchev–Trinajstić information content (AvgIpc) is 2.67. The molecule has 8 heteroatoms. The number of nitrogens with two attached hydrogens (primary N) is 1. The van der Waals surface area contributed by atoms with E-state index in [1.54, 1.807) is 11.1 Å². The van der Waals surface area contributed by atoms with Gasteiger partial charge >= 0.3 is 6.03 Å². The second kappa shape index (κ2) is 7.83. The third-order valence-electron chi connectivity index (χ3n) is 4.83. The zero-order chi connectivity index (χ0) is 20.4. The van der Waals surface area contributed by atoms with Gasteiger partial charge in [0.05, 0.1) is 11.4 Å². The van der Waals surface area contributed by atoms with Crippen molar-refractivity contribution in [2.24, 2.45) is 5.92 Å². The van der Waals surface area contributed by atoms with E-state index in [0.717, 1.165) is 24.2 Å². The van der Waals surface area contributed by atoms with E-state index in [9.17, 15) is 13.6 Å². The maximum atomic E-state index is 14.0. The maximum Gasteiger partial charge on any atom is 0.323 e. The highest BCUT2D eigenvalue weighted by Gasteiger charge is 2.31. The number of aromatic nitrogens is 2. The van der Waals surface area contributed by atoms with Crippen molar-refractivity contribution in [1.29, 1.82) is 0 Å². The van der Waals surface area contributed by atoms with Crippen molar-refractivity contribution < 1.29 is 13.6 Å². The Hall–Kier alpha value is -3.55. The minimum Gasteiger partial charge on any atom is -0.396 e. The lowest BCUT2D eigenvalue weighted by atomic mass is 9.95. The Bertz CT molecular complexity index is 1040. The molecule has 3 heterocycles. The van der Waals surface area contributed by atoms with Gasteiger partial charge in [0.1, 0.15) is 11.6 Å². The molecule has 3 aromatic rings. The minimum absolute atomic E-state index is 0.126. The Kier molecular flexibility index (Phi) is 5.07. The molecule has 0 aliphatic carbocycles. The van der Waals surface area contributed by atoms with Crippen LogP contribution < -0.4 is 11.1 Å². The Labute approximate surface area is 166 Å². The van der Waals surface area contributed by atoms with Crippen LogP contribution in [-0.4, -0.2) is 34.0 Å². The summed E-state index contributed by atoms with van der Waals surface area (Å²) in [5.74, 6) is -0.919. The van der Waals surface area contributed by atoms with E-state index >= 15 is 0 Å². The van der Waals surface area contributed by atoms with Gasteiger partial charge in [-0.1, -0.05) is 6.07 Å². The molecule has 0 spiro atoms. The highest BCUT2D eigenvalue weighted by atomic mass is 19.1. The number of nitrogen functional groups attached to an aromatic ring is 1. The fourth-order valence-corrected chi connectivity index (χ4v) is 3.28. The number of carbonyl (C=O) groups excluding carboxylic acids is 1. The normalized spacial score (nSPS) is 13.8. The molecule has 0 saturated carbocycles. The first-order valence-electron chi connectivity index (χ1n) is 9.17. The highest BCUT2D eigenvalue weighted by Crippen LogP contribution is 2.27. The summed E-state index contributed by atoms with van der Waals surface area (Å²) in [6.45, 7) is 1.21. The molecule has 1 aromatic carbocycles. The smallest absolute Gasteiger partial charge is 0.323 e. The van der Waals surface area contributed by atoms with Crippen LogP contribution in [0, 0.1) is 17.6 Å². The van der Waals surface area contributed by atoms with Gasteiger partial charge in [0.25, 0.3) is 0 Å². The molecule has 1 saturated heterocycles. The van der Waals surface area contributed by atoms with Gasteiger partial charge in [-0.25, -0.2) is 18.6 Å². The number of hydrogen-bond donors (Lipinski definition) is 2. The number of amides is 2. The number of urea groups is 1. The number of nitrogens with one attached hydrogen (secondary N) is 1. The Morgan fingerprint density at radius 3 is 2.72 bits per heavy atom. The van der Waals surface area contributed by atoms with Crippen molar-refractivity contribution in [3.05, 3.63) is 72.1 Å². The van der Waals surface area contributed by atoms with E-state index in [1.807, 2.05) is 18.2 Å². The van der Waals surface area contributed by atoms with Crippen LogP contribution in [0.1, 0.15) is 5.69 Å². The summed E-state index contributed by atoms with van der Waals surface area (Å²) in [5, 5.41) is 2.68. The number of halogens is 2. The van der Waals surface area contributed by atoms with Crippen LogP contribution in [0.4, 0.5) is 25.1 Å². The first-order valence-corrected chi connectivity index (χ1v) is 9.17. The van der Waals surface area contributed by atoms with Crippen molar-refractivity contribution >= 4 is 17.5 Å². The van der Waals surface area contributed by atoms with Crippen molar-refractivity contribution in [3.8, 4) is 11.3 Å². The number of hydrogen-bond acceptors (Lipinski definition) is 4. The van der Waals surface area contributed by atoms with Crippen LogP contribution >= 0.6 is 0 Å². The number of anilines is 2. The molecule has 148 valence electrons. The van der Waals surface area contributed by atoms with Gasteiger partial charge in [-0.15, -0.1) is 0 Å². The van der Waals surface area contributed by atoms with E-state index in [2.05, 4.69) is 15.3 Å². The first kappa shape index (κ1) is 18.8. The highest BCUT2D eigenvalue weighted by molar-refractivity contribution is 5.92. The second-order valence-corrected chi connectivity index (χ2v) is 6.98. The molecule has 1 aliphatic heterocycles. The van der Waals surface area contributed by atoms with Gasteiger partial charge in [0, 0.05) is 36.6 Å². The van der Waals surface area contributed by atoms with E-state index in [0.29, 0.717) is 19.0 Å². The maximum absolute atomic E-state index is 14.0. The lowest BCUT2D eigenvalue weighted by Gasteiger charge is -2.39. The van der Waals surface area contributed by atoms with Crippen LogP contribution in [0.3, 0.4) is 0 Å². The van der Waals surface area contributed by atoms with E-state index < -0.39 is 11.6 Å². The predicted octanol–water partition coefficient (Wildman–Crippen LogP) is 3.71. The van der Waals surface area contributed by atoms with Crippen LogP contribution in [0.25, 0.3) is 11.3 Å². The number of benzene rings is 1. The fourth-order valence-electron chi connectivity index (χ4n) is 3.28. The molecule has 0 bridgehead atoms. The number of likely N-dealkylation sites (tertiary alicyclic amines) is 1.